The summed E-state index contributed by atoms with van der Waals surface area (Å²) < 4.78 is 41.2. The van der Waals surface area contributed by atoms with Crippen molar-refractivity contribution in [2.75, 3.05) is 5.32 Å². The Morgan fingerprint density at radius 1 is 1.16 bits per heavy atom. The maximum Gasteiger partial charge on any atom is 0.573 e. The molecule has 130 valence electrons. The number of benzene rings is 2. The van der Waals surface area contributed by atoms with Crippen molar-refractivity contribution < 1.29 is 22.7 Å². The van der Waals surface area contributed by atoms with E-state index in [9.17, 15) is 18.0 Å². The third kappa shape index (κ3) is 4.08. The molecule has 25 heavy (non-hydrogen) atoms. The van der Waals surface area contributed by atoms with Gasteiger partial charge in [-0.15, -0.1) is 13.2 Å². The lowest BCUT2D eigenvalue weighted by Crippen LogP contribution is -2.17. The molecule has 0 bridgehead atoms. The van der Waals surface area contributed by atoms with Gasteiger partial charge in [0.1, 0.15) is 5.75 Å². The van der Waals surface area contributed by atoms with Crippen LogP contribution < -0.4 is 10.1 Å². The highest BCUT2D eigenvalue weighted by Crippen LogP contribution is 2.30. The van der Waals surface area contributed by atoms with Gasteiger partial charge in [0.15, 0.2) is 5.13 Å². The molecule has 1 N–H and O–H groups in total. The number of carbonyl (C=O) groups is 1. The largest absolute Gasteiger partial charge is 0.573 e. The molecule has 0 saturated carbocycles. The number of halogens is 3. The predicted octanol–water partition coefficient (Wildman–Crippen LogP) is 5.06. The normalized spacial score (nSPS) is 11.6. The molecule has 3 aromatic rings. The number of fused-ring (bicyclic) bond motifs is 1. The molecule has 0 aliphatic heterocycles. The Balaban J connectivity index is 1.77. The molecule has 1 amide bonds. The second-order valence-corrected chi connectivity index (χ2v) is 6.50. The number of rotatable bonds is 3. The first kappa shape index (κ1) is 17.2. The Kier molecular flexibility index (Phi) is 4.38. The van der Waals surface area contributed by atoms with Gasteiger partial charge in [-0.05, 0) is 55.3 Å². The number of aromatic nitrogens is 1. The fourth-order valence-corrected chi connectivity index (χ4v) is 3.44. The van der Waals surface area contributed by atoms with Crippen molar-refractivity contribution in [1.29, 1.82) is 0 Å². The van der Waals surface area contributed by atoms with Crippen molar-refractivity contribution in [3.8, 4) is 5.75 Å². The van der Waals surface area contributed by atoms with Gasteiger partial charge >= 0.3 is 6.36 Å². The smallest absolute Gasteiger partial charge is 0.406 e. The Morgan fingerprint density at radius 3 is 2.48 bits per heavy atom. The molecule has 3 rings (SSSR count). The van der Waals surface area contributed by atoms with E-state index >= 15 is 0 Å². The van der Waals surface area contributed by atoms with E-state index in [0.29, 0.717) is 5.13 Å². The molecule has 0 fully saturated rings. The van der Waals surface area contributed by atoms with Gasteiger partial charge in [0, 0.05) is 5.56 Å². The minimum Gasteiger partial charge on any atom is -0.406 e. The molecule has 0 radical (unpaired) electrons. The van der Waals surface area contributed by atoms with E-state index in [1.807, 2.05) is 26.0 Å². The van der Waals surface area contributed by atoms with Crippen LogP contribution in [0.4, 0.5) is 18.3 Å². The van der Waals surface area contributed by atoms with E-state index in [0.717, 1.165) is 33.5 Å². The third-order valence-electron chi connectivity index (χ3n) is 3.40. The highest BCUT2D eigenvalue weighted by molar-refractivity contribution is 7.22. The fraction of sp³-hybridized carbons (Fsp3) is 0.176. The zero-order valence-electron chi connectivity index (χ0n) is 13.3. The maximum atomic E-state index is 12.2. The van der Waals surface area contributed by atoms with Gasteiger partial charge in [0.2, 0.25) is 0 Å². The summed E-state index contributed by atoms with van der Waals surface area (Å²) in [6.45, 7) is 3.93. The number of ether oxygens (including phenoxy) is 1. The number of hydrogen-bond donors (Lipinski definition) is 1. The van der Waals surface area contributed by atoms with Crippen molar-refractivity contribution in [3.05, 3.63) is 53.1 Å². The highest BCUT2D eigenvalue weighted by Gasteiger charge is 2.31. The molecule has 0 unspecified atom stereocenters. The van der Waals surface area contributed by atoms with Gasteiger partial charge in [0.05, 0.1) is 10.2 Å². The lowest BCUT2D eigenvalue weighted by molar-refractivity contribution is -0.274. The SMILES string of the molecule is Cc1cc(C)c2nc(NC(=O)c3ccc(OC(F)(F)F)cc3)sc2c1. The van der Waals surface area contributed by atoms with Crippen molar-refractivity contribution in [2.45, 2.75) is 20.2 Å². The molecule has 0 aliphatic carbocycles. The summed E-state index contributed by atoms with van der Waals surface area (Å²) in [7, 11) is 0. The molecule has 1 aromatic heterocycles. The average Bonchev–Trinajstić information content (AvgIpc) is 2.89. The second kappa shape index (κ2) is 6.36. The maximum absolute atomic E-state index is 12.2. The average molecular weight is 366 g/mol. The number of hydrogen-bond acceptors (Lipinski definition) is 4. The van der Waals surface area contributed by atoms with Crippen LogP contribution in [-0.4, -0.2) is 17.3 Å². The van der Waals surface area contributed by atoms with Gasteiger partial charge in [-0.2, -0.15) is 0 Å². The Labute approximate surface area is 145 Å². The van der Waals surface area contributed by atoms with Crippen molar-refractivity contribution in [2.24, 2.45) is 0 Å². The summed E-state index contributed by atoms with van der Waals surface area (Å²) >= 11 is 1.34. The minimum atomic E-state index is -4.76. The molecular formula is C17H13F3N2O2S. The van der Waals surface area contributed by atoms with Crippen LogP contribution >= 0.6 is 11.3 Å². The van der Waals surface area contributed by atoms with E-state index < -0.39 is 12.3 Å². The van der Waals surface area contributed by atoms with Crippen LogP contribution in [0.5, 0.6) is 5.75 Å². The first-order valence-electron chi connectivity index (χ1n) is 7.26. The topological polar surface area (TPSA) is 51.2 Å². The first-order chi connectivity index (χ1) is 11.7. The quantitative estimate of drug-likeness (QED) is 0.705. The number of amides is 1. The first-order valence-corrected chi connectivity index (χ1v) is 8.08. The van der Waals surface area contributed by atoms with E-state index in [1.54, 1.807) is 0 Å². The molecule has 1 heterocycles. The van der Waals surface area contributed by atoms with E-state index in [2.05, 4.69) is 15.0 Å². The molecule has 0 aliphatic rings. The molecule has 0 atom stereocenters. The fourth-order valence-electron chi connectivity index (χ4n) is 2.40. The molecule has 0 saturated heterocycles. The number of alkyl halides is 3. The number of anilines is 1. The van der Waals surface area contributed by atoms with Crippen LogP contribution in [0.3, 0.4) is 0 Å². The number of carbonyl (C=O) groups excluding carboxylic acids is 1. The van der Waals surface area contributed by atoms with Gasteiger partial charge < -0.3 is 4.74 Å². The number of aryl methyl sites for hydroxylation is 2. The monoisotopic (exact) mass is 366 g/mol. The summed E-state index contributed by atoms with van der Waals surface area (Å²) in [6, 6.07) is 8.70. The van der Waals surface area contributed by atoms with Crippen LogP contribution in [0, 0.1) is 13.8 Å². The molecule has 4 nitrogen and oxygen atoms in total. The van der Waals surface area contributed by atoms with E-state index in [-0.39, 0.29) is 11.3 Å². The van der Waals surface area contributed by atoms with E-state index in [4.69, 9.17) is 0 Å². The number of thiazole rings is 1. The van der Waals surface area contributed by atoms with Crippen molar-refractivity contribution in [1.82, 2.24) is 4.98 Å². The van der Waals surface area contributed by atoms with Crippen LogP contribution in [0.2, 0.25) is 0 Å². The standard InChI is InChI=1S/C17H13F3N2O2S/c1-9-7-10(2)14-13(8-9)25-16(21-14)22-15(23)11-3-5-12(6-4-11)24-17(18,19)20/h3-8H,1-2H3,(H,21,22,23). The Bertz CT molecular complexity index is 933. The Hall–Kier alpha value is -2.61. The highest BCUT2D eigenvalue weighted by atomic mass is 32.1. The third-order valence-corrected chi connectivity index (χ3v) is 4.32. The summed E-state index contributed by atoms with van der Waals surface area (Å²) in [4.78, 5) is 16.6. The summed E-state index contributed by atoms with van der Waals surface area (Å²) in [5.41, 5.74) is 3.15. The molecule has 8 heteroatoms. The molecule has 2 aromatic carbocycles. The second-order valence-electron chi connectivity index (χ2n) is 5.47. The van der Waals surface area contributed by atoms with Crippen LogP contribution in [0.25, 0.3) is 10.2 Å². The zero-order chi connectivity index (χ0) is 18.2. The van der Waals surface area contributed by atoms with Crippen LogP contribution in [0.15, 0.2) is 36.4 Å². The predicted molar refractivity (Wildman–Crippen MR) is 90.2 cm³/mol. The van der Waals surface area contributed by atoms with E-state index in [1.165, 1.54) is 23.5 Å². The summed E-state index contributed by atoms with van der Waals surface area (Å²) in [5, 5.41) is 3.10. The van der Waals surface area contributed by atoms with Gasteiger partial charge in [-0.1, -0.05) is 17.4 Å². The number of nitrogens with one attached hydrogen (secondary N) is 1. The lowest BCUT2D eigenvalue weighted by Gasteiger charge is -2.09. The molecular weight excluding hydrogens is 353 g/mol. The minimum absolute atomic E-state index is 0.210. The number of nitrogens with zero attached hydrogens (tertiary/aromatic N) is 1. The summed E-state index contributed by atoms with van der Waals surface area (Å²) in [6.07, 6.45) is -4.76. The van der Waals surface area contributed by atoms with Crippen molar-refractivity contribution in [3.63, 3.8) is 0 Å². The molecule has 0 spiro atoms. The van der Waals surface area contributed by atoms with Gasteiger partial charge in [-0.3, -0.25) is 10.1 Å². The zero-order valence-corrected chi connectivity index (χ0v) is 14.1. The van der Waals surface area contributed by atoms with Gasteiger partial charge in [-0.25, -0.2) is 4.98 Å². The van der Waals surface area contributed by atoms with Crippen LogP contribution in [-0.2, 0) is 0 Å². The Morgan fingerprint density at radius 2 is 1.84 bits per heavy atom. The summed E-state index contributed by atoms with van der Waals surface area (Å²) in [5.74, 6) is -0.831. The van der Waals surface area contributed by atoms with Gasteiger partial charge in [0.25, 0.3) is 5.91 Å². The lowest BCUT2D eigenvalue weighted by atomic mass is 10.1. The van der Waals surface area contributed by atoms with Crippen molar-refractivity contribution >= 4 is 32.6 Å². The van der Waals surface area contributed by atoms with Crippen LogP contribution in [0.1, 0.15) is 21.5 Å².